The van der Waals surface area contributed by atoms with Gasteiger partial charge in [-0.3, -0.25) is 9.59 Å². The summed E-state index contributed by atoms with van der Waals surface area (Å²) in [6.45, 7) is 0.788. The molecule has 1 atom stereocenters. The number of rotatable bonds is 6. The van der Waals surface area contributed by atoms with Gasteiger partial charge in [-0.25, -0.2) is 0 Å². The molecule has 2 aromatic rings. The molecule has 2 aromatic carbocycles. The summed E-state index contributed by atoms with van der Waals surface area (Å²) in [5, 5.41) is 3.04. The molecular formula is C19H19ClN2O3S. The number of carbonyl (C=O) groups is 2. The maximum Gasteiger partial charge on any atom is 0.238 e. The zero-order valence-electron chi connectivity index (χ0n) is 14.3. The van der Waals surface area contributed by atoms with Crippen LogP contribution in [0.4, 0.5) is 5.69 Å². The number of para-hydroxylation sites is 1. The number of nitrogens with one attached hydrogen (secondary N) is 1. The van der Waals surface area contributed by atoms with Crippen LogP contribution in [0, 0.1) is 0 Å². The van der Waals surface area contributed by atoms with Gasteiger partial charge in [0, 0.05) is 23.4 Å². The van der Waals surface area contributed by atoms with Crippen LogP contribution in [0.1, 0.15) is 6.42 Å². The van der Waals surface area contributed by atoms with Crippen molar-refractivity contribution in [3.8, 4) is 5.75 Å². The van der Waals surface area contributed by atoms with E-state index in [9.17, 15) is 9.59 Å². The number of thioether (sulfide) groups is 1. The molecule has 26 heavy (non-hydrogen) atoms. The largest absolute Gasteiger partial charge is 0.492 e. The highest BCUT2D eigenvalue weighted by atomic mass is 35.5. The third-order valence-electron chi connectivity index (χ3n) is 3.98. The summed E-state index contributed by atoms with van der Waals surface area (Å²) in [7, 11) is 1.71. The van der Waals surface area contributed by atoms with Gasteiger partial charge in [-0.05, 0) is 30.3 Å². The molecule has 0 aromatic heterocycles. The number of ether oxygens (including phenoxy) is 1. The number of halogens is 1. The van der Waals surface area contributed by atoms with Crippen LogP contribution in [0.3, 0.4) is 0 Å². The van der Waals surface area contributed by atoms with E-state index in [-0.39, 0.29) is 18.2 Å². The number of hydrogen-bond acceptors (Lipinski definition) is 4. The molecule has 136 valence electrons. The van der Waals surface area contributed by atoms with Gasteiger partial charge in [0.2, 0.25) is 11.8 Å². The first kappa shape index (κ1) is 18.6. The number of benzene rings is 2. The molecule has 0 fully saturated rings. The van der Waals surface area contributed by atoms with Crippen LogP contribution in [-0.4, -0.2) is 42.2 Å². The van der Waals surface area contributed by atoms with Crippen molar-refractivity contribution in [2.75, 3.05) is 25.5 Å². The Morgan fingerprint density at radius 2 is 2.08 bits per heavy atom. The van der Waals surface area contributed by atoms with E-state index in [1.54, 1.807) is 24.1 Å². The molecule has 1 aliphatic rings. The van der Waals surface area contributed by atoms with E-state index in [0.717, 1.165) is 10.6 Å². The maximum absolute atomic E-state index is 12.4. The Balaban J connectivity index is 1.49. The van der Waals surface area contributed by atoms with Crippen LogP contribution < -0.4 is 10.1 Å². The Kier molecular flexibility index (Phi) is 6.06. The first-order valence-electron chi connectivity index (χ1n) is 8.22. The highest BCUT2D eigenvalue weighted by Gasteiger charge is 2.29. The molecule has 3 rings (SSSR count). The minimum atomic E-state index is -0.423. The fraction of sp³-hybridized carbons (Fsp3) is 0.263. The molecule has 0 saturated carbocycles. The minimum absolute atomic E-state index is 0.0910. The van der Waals surface area contributed by atoms with Gasteiger partial charge in [0.15, 0.2) is 0 Å². The smallest absolute Gasteiger partial charge is 0.238 e. The molecule has 0 bridgehead atoms. The molecule has 1 heterocycles. The molecule has 1 N–H and O–H groups in total. The van der Waals surface area contributed by atoms with Crippen LogP contribution in [-0.2, 0) is 9.59 Å². The van der Waals surface area contributed by atoms with Crippen molar-refractivity contribution < 1.29 is 14.3 Å². The third-order valence-corrected chi connectivity index (χ3v) is 5.49. The Morgan fingerprint density at radius 1 is 1.27 bits per heavy atom. The van der Waals surface area contributed by atoms with E-state index in [1.165, 1.54) is 11.8 Å². The number of hydrogen-bond donors (Lipinski definition) is 1. The number of fused-ring (bicyclic) bond motifs is 1. The number of carbonyl (C=O) groups excluding carboxylic acids is 2. The Labute approximate surface area is 161 Å². The lowest BCUT2D eigenvalue weighted by Gasteiger charge is -2.25. The van der Waals surface area contributed by atoms with Crippen LogP contribution in [0.5, 0.6) is 5.75 Å². The third kappa shape index (κ3) is 4.71. The van der Waals surface area contributed by atoms with Gasteiger partial charge in [-0.2, -0.15) is 0 Å². The fourth-order valence-electron chi connectivity index (χ4n) is 2.52. The topological polar surface area (TPSA) is 58.6 Å². The molecular weight excluding hydrogens is 372 g/mol. The van der Waals surface area contributed by atoms with E-state index in [2.05, 4.69) is 5.32 Å². The van der Waals surface area contributed by atoms with Gasteiger partial charge in [0.05, 0.1) is 17.5 Å². The number of anilines is 1. The van der Waals surface area contributed by atoms with Crippen molar-refractivity contribution in [2.24, 2.45) is 0 Å². The summed E-state index contributed by atoms with van der Waals surface area (Å²) in [6.07, 6.45) is 0.151. The van der Waals surface area contributed by atoms with Gasteiger partial charge in [0.25, 0.3) is 0 Å². The molecule has 0 aliphatic carbocycles. The lowest BCUT2D eigenvalue weighted by molar-refractivity contribution is -0.131. The first-order valence-corrected chi connectivity index (χ1v) is 9.47. The van der Waals surface area contributed by atoms with Crippen LogP contribution >= 0.6 is 23.4 Å². The quantitative estimate of drug-likeness (QED) is 0.817. The molecule has 0 unspecified atom stereocenters. The second-order valence-electron chi connectivity index (χ2n) is 5.92. The first-order chi connectivity index (χ1) is 12.5. The average molecular weight is 391 g/mol. The molecule has 7 heteroatoms. The summed E-state index contributed by atoms with van der Waals surface area (Å²) < 4.78 is 5.60. The van der Waals surface area contributed by atoms with E-state index < -0.39 is 5.25 Å². The molecule has 0 saturated heterocycles. The molecule has 2 amide bonds. The number of amides is 2. The number of likely N-dealkylation sites (N-methyl/N-ethyl adjacent to an activating group) is 1. The average Bonchev–Trinajstić information content (AvgIpc) is 2.62. The van der Waals surface area contributed by atoms with Crippen LogP contribution in [0.25, 0.3) is 0 Å². The second-order valence-corrected chi connectivity index (χ2v) is 7.60. The maximum atomic E-state index is 12.4. The highest BCUT2D eigenvalue weighted by molar-refractivity contribution is 8.01. The van der Waals surface area contributed by atoms with Gasteiger partial charge >= 0.3 is 0 Å². The standard InChI is InChI=1S/C19H19ClN2O3S/c1-22(9-10-25-14-6-4-5-13(20)11-14)18(23)12-17-19(24)21-15-7-2-3-8-16(15)26-17/h2-8,11,17H,9-10,12H2,1H3,(H,21,24)/t17-/m1/s1. The zero-order valence-corrected chi connectivity index (χ0v) is 15.8. The number of nitrogens with zero attached hydrogens (tertiary/aromatic N) is 1. The van der Waals surface area contributed by atoms with Gasteiger partial charge in [-0.15, -0.1) is 11.8 Å². The summed E-state index contributed by atoms with van der Waals surface area (Å²) in [4.78, 5) is 27.2. The second kappa shape index (κ2) is 8.47. The van der Waals surface area contributed by atoms with E-state index in [4.69, 9.17) is 16.3 Å². The molecule has 5 nitrogen and oxygen atoms in total. The SMILES string of the molecule is CN(CCOc1cccc(Cl)c1)C(=O)C[C@H]1Sc2ccccc2NC1=O. The van der Waals surface area contributed by atoms with Crippen molar-refractivity contribution in [3.05, 3.63) is 53.6 Å². The molecule has 0 spiro atoms. The minimum Gasteiger partial charge on any atom is -0.492 e. The summed E-state index contributed by atoms with van der Waals surface area (Å²) in [5.41, 5.74) is 0.800. The van der Waals surface area contributed by atoms with Crippen molar-refractivity contribution in [3.63, 3.8) is 0 Å². The normalized spacial score (nSPS) is 15.8. The van der Waals surface area contributed by atoms with Gasteiger partial charge in [0.1, 0.15) is 12.4 Å². The lowest BCUT2D eigenvalue weighted by atomic mass is 10.2. The van der Waals surface area contributed by atoms with Gasteiger partial charge in [-0.1, -0.05) is 29.8 Å². The van der Waals surface area contributed by atoms with E-state index in [1.807, 2.05) is 36.4 Å². The lowest BCUT2D eigenvalue weighted by Crippen LogP contribution is -2.37. The van der Waals surface area contributed by atoms with Gasteiger partial charge < -0.3 is 15.0 Å². The predicted octanol–water partition coefficient (Wildman–Crippen LogP) is 3.68. The van der Waals surface area contributed by atoms with Crippen LogP contribution in [0.2, 0.25) is 5.02 Å². The van der Waals surface area contributed by atoms with Crippen LogP contribution in [0.15, 0.2) is 53.4 Å². The monoisotopic (exact) mass is 390 g/mol. The fourth-order valence-corrected chi connectivity index (χ4v) is 3.81. The Hall–Kier alpha value is -2.18. The highest BCUT2D eigenvalue weighted by Crippen LogP contribution is 2.36. The van der Waals surface area contributed by atoms with Crippen molar-refractivity contribution >= 4 is 40.9 Å². The molecule has 0 radical (unpaired) electrons. The predicted molar refractivity (Wildman–Crippen MR) is 104 cm³/mol. The summed E-state index contributed by atoms with van der Waals surface area (Å²) in [5.74, 6) is 0.439. The van der Waals surface area contributed by atoms with Crippen molar-refractivity contribution in [2.45, 2.75) is 16.6 Å². The molecule has 1 aliphatic heterocycles. The Bertz CT molecular complexity index is 815. The van der Waals surface area contributed by atoms with Crippen molar-refractivity contribution in [1.29, 1.82) is 0 Å². The summed E-state index contributed by atoms with van der Waals surface area (Å²) in [6, 6.07) is 14.7. The van der Waals surface area contributed by atoms with E-state index in [0.29, 0.717) is 23.9 Å². The summed E-state index contributed by atoms with van der Waals surface area (Å²) >= 11 is 7.34. The Morgan fingerprint density at radius 3 is 2.88 bits per heavy atom. The van der Waals surface area contributed by atoms with Crippen molar-refractivity contribution in [1.82, 2.24) is 4.90 Å². The zero-order chi connectivity index (χ0) is 18.5. The van der Waals surface area contributed by atoms with E-state index >= 15 is 0 Å².